The average molecular weight is 280 g/mol. The van der Waals surface area contributed by atoms with Crippen LogP contribution in [0.5, 0.6) is 0 Å². The summed E-state index contributed by atoms with van der Waals surface area (Å²) < 4.78 is 14.9. The predicted octanol–water partition coefficient (Wildman–Crippen LogP) is 1.21. The van der Waals surface area contributed by atoms with Crippen molar-refractivity contribution in [2.24, 2.45) is 0 Å². The van der Waals surface area contributed by atoms with Crippen molar-refractivity contribution in [2.45, 2.75) is 19.9 Å². The Hall–Kier alpha value is -2.42. The summed E-state index contributed by atoms with van der Waals surface area (Å²) in [6.07, 6.45) is 0.966. The molecule has 0 saturated heterocycles. The largest absolute Gasteiger partial charge is 0.310 e. The third-order valence-electron chi connectivity index (χ3n) is 2.62. The maximum Gasteiger partial charge on any atom is 0.304 e. The van der Waals surface area contributed by atoms with Gasteiger partial charge in [-0.25, -0.2) is 0 Å². The van der Waals surface area contributed by atoms with Crippen molar-refractivity contribution in [1.29, 1.82) is 0 Å². The van der Waals surface area contributed by atoms with E-state index in [0.29, 0.717) is 18.1 Å². The molecule has 1 aromatic carbocycles. The van der Waals surface area contributed by atoms with Crippen LogP contribution in [-0.4, -0.2) is 31.7 Å². The molecule has 0 saturated carbocycles. The van der Waals surface area contributed by atoms with Crippen LogP contribution in [0.25, 0.3) is 5.69 Å². The number of halogens is 1. The van der Waals surface area contributed by atoms with Crippen molar-refractivity contribution in [3.05, 3.63) is 40.0 Å². The zero-order valence-corrected chi connectivity index (χ0v) is 10.8. The van der Waals surface area contributed by atoms with Gasteiger partial charge in [0, 0.05) is 12.1 Å². The van der Waals surface area contributed by atoms with Crippen LogP contribution in [0.4, 0.5) is 10.1 Å². The number of nitrogens with one attached hydrogen (secondary N) is 1. The van der Waals surface area contributed by atoms with E-state index in [1.54, 1.807) is 0 Å². The van der Waals surface area contributed by atoms with E-state index in [2.05, 4.69) is 20.8 Å². The standard InChI is InChI=1S/C11H13FN6O2/c1-2-5-13-7-11-14-15-16-17(11)8-3-4-10(18(19)20)9(12)6-8/h3-4,6,13H,2,5,7H2,1H3. The third-order valence-corrected chi connectivity index (χ3v) is 2.62. The lowest BCUT2D eigenvalue weighted by Crippen LogP contribution is -2.17. The van der Waals surface area contributed by atoms with Gasteiger partial charge in [0.1, 0.15) is 0 Å². The number of nitro benzene ring substituents is 1. The zero-order valence-electron chi connectivity index (χ0n) is 10.8. The van der Waals surface area contributed by atoms with Gasteiger partial charge >= 0.3 is 5.69 Å². The first-order valence-electron chi connectivity index (χ1n) is 6.05. The molecule has 0 aliphatic heterocycles. The first-order chi connectivity index (χ1) is 9.63. The highest BCUT2D eigenvalue weighted by Gasteiger charge is 2.16. The summed E-state index contributed by atoms with van der Waals surface area (Å²) in [6.45, 7) is 3.27. The van der Waals surface area contributed by atoms with Crippen LogP contribution in [0.2, 0.25) is 0 Å². The van der Waals surface area contributed by atoms with Crippen LogP contribution in [0.3, 0.4) is 0 Å². The van der Waals surface area contributed by atoms with Crippen molar-refractivity contribution in [3.8, 4) is 5.69 Å². The first-order valence-corrected chi connectivity index (χ1v) is 6.05. The van der Waals surface area contributed by atoms with Gasteiger partial charge in [0.2, 0.25) is 5.82 Å². The fourth-order valence-corrected chi connectivity index (χ4v) is 1.67. The number of aromatic nitrogens is 4. The van der Waals surface area contributed by atoms with Crippen molar-refractivity contribution in [1.82, 2.24) is 25.5 Å². The molecule has 1 N–H and O–H groups in total. The molecule has 0 radical (unpaired) electrons. The molecule has 0 bridgehead atoms. The van der Waals surface area contributed by atoms with E-state index >= 15 is 0 Å². The summed E-state index contributed by atoms with van der Waals surface area (Å²) in [5.41, 5.74) is -0.237. The van der Waals surface area contributed by atoms with Gasteiger partial charge in [0.25, 0.3) is 0 Å². The van der Waals surface area contributed by atoms with Gasteiger partial charge in [0.15, 0.2) is 5.82 Å². The number of benzene rings is 1. The van der Waals surface area contributed by atoms with Gasteiger partial charge < -0.3 is 5.32 Å². The van der Waals surface area contributed by atoms with E-state index in [9.17, 15) is 14.5 Å². The van der Waals surface area contributed by atoms with E-state index in [1.807, 2.05) is 6.92 Å². The Morgan fingerprint density at radius 3 is 2.95 bits per heavy atom. The highest BCUT2D eigenvalue weighted by Crippen LogP contribution is 2.20. The minimum absolute atomic E-state index is 0.339. The Morgan fingerprint density at radius 2 is 2.30 bits per heavy atom. The SMILES string of the molecule is CCCNCc1nnnn1-c1ccc([N+](=O)[O-])c(F)c1. The molecule has 0 aliphatic carbocycles. The number of rotatable bonds is 6. The molecule has 1 heterocycles. The van der Waals surface area contributed by atoms with E-state index in [4.69, 9.17) is 0 Å². The first kappa shape index (κ1) is 14.0. The molecule has 0 fully saturated rings. The van der Waals surface area contributed by atoms with Gasteiger partial charge in [-0.1, -0.05) is 6.92 Å². The molecule has 0 unspecified atom stereocenters. The van der Waals surface area contributed by atoms with Crippen molar-refractivity contribution in [3.63, 3.8) is 0 Å². The Kier molecular flexibility index (Phi) is 4.31. The highest BCUT2D eigenvalue weighted by molar-refractivity contribution is 5.42. The fourth-order valence-electron chi connectivity index (χ4n) is 1.67. The maximum atomic E-state index is 13.6. The van der Waals surface area contributed by atoms with Gasteiger partial charge in [-0.05, 0) is 29.5 Å². The van der Waals surface area contributed by atoms with Crippen molar-refractivity contribution >= 4 is 5.69 Å². The fraction of sp³-hybridized carbons (Fsp3) is 0.364. The molecule has 1 aromatic heterocycles. The molecular weight excluding hydrogens is 267 g/mol. The quantitative estimate of drug-likeness (QED) is 0.485. The monoisotopic (exact) mass is 280 g/mol. The lowest BCUT2D eigenvalue weighted by Gasteiger charge is -2.05. The molecule has 0 amide bonds. The second kappa shape index (κ2) is 6.15. The summed E-state index contributed by atoms with van der Waals surface area (Å²) in [7, 11) is 0. The van der Waals surface area contributed by atoms with Crippen molar-refractivity contribution < 1.29 is 9.31 Å². The molecule has 106 valence electrons. The second-order valence-corrected chi connectivity index (χ2v) is 4.08. The molecule has 0 spiro atoms. The summed E-state index contributed by atoms with van der Waals surface area (Å²) in [5.74, 6) is -0.415. The van der Waals surface area contributed by atoms with Gasteiger partial charge in [-0.2, -0.15) is 9.07 Å². The lowest BCUT2D eigenvalue weighted by molar-refractivity contribution is -0.387. The van der Waals surface area contributed by atoms with Gasteiger partial charge in [-0.15, -0.1) is 5.10 Å². The Bertz CT molecular complexity index is 615. The molecule has 9 heteroatoms. The van der Waals surface area contributed by atoms with Gasteiger partial charge in [0.05, 0.1) is 17.2 Å². The number of hydrogen-bond acceptors (Lipinski definition) is 6. The van der Waals surface area contributed by atoms with Crippen LogP contribution >= 0.6 is 0 Å². The molecule has 2 aromatic rings. The lowest BCUT2D eigenvalue weighted by atomic mass is 10.2. The van der Waals surface area contributed by atoms with E-state index < -0.39 is 16.4 Å². The Morgan fingerprint density at radius 1 is 1.50 bits per heavy atom. The highest BCUT2D eigenvalue weighted by atomic mass is 19.1. The smallest absolute Gasteiger partial charge is 0.304 e. The number of hydrogen-bond donors (Lipinski definition) is 1. The topological polar surface area (TPSA) is 98.8 Å². The van der Waals surface area contributed by atoms with Crippen LogP contribution < -0.4 is 5.32 Å². The maximum absolute atomic E-state index is 13.6. The number of tetrazole rings is 1. The Balaban J connectivity index is 2.26. The Labute approximate surface area is 113 Å². The third kappa shape index (κ3) is 2.94. The second-order valence-electron chi connectivity index (χ2n) is 4.08. The minimum atomic E-state index is -0.921. The molecule has 2 rings (SSSR count). The average Bonchev–Trinajstić information content (AvgIpc) is 2.87. The van der Waals surface area contributed by atoms with E-state index in [-0.39, 0.29) is 0 Å². The van der Waals surface area contributed by atoms with Crippen LogP contribution in [0, 0.1) is 15.9 Å². The van der Waals surface area contributed by atoms with E-state index in [0.717, 1.165) is 25.1 Å². The summed E-state index contributed by atoms with van der Waals surface area (Å²) in [6, 6.07) is 3.54. The van der Waals surface area contributed by atoms with Crippen LogP contribution in [0.15, 0.2) is 18.2 Å². The summed E-state index contributed by atoms with van der Waals surface area (Å²) in [4.78, 5) is 9.79. The van der Waals surface area contributed by atoms with Crippen LogP contribution in [0.1, 0.15) is 19.2 Å². The minimum Gasteiger partial charge on any atom is -0.310 e. The zero-order chi connectivity index (χ0) is 14.5. The molecule has 0 atom stereocenters. The summed E-state index contributed by atoms with van der Waals surface area (Å²) in [5, 5.41) is 24.8. The number of nitro groups is 1. The van der Waals surface area contributed by atoms with Gasteiger partial charge in [-0.3, -0.25) is 10.1 Å². The van der Waals surface area contributed by atoms with Crippen LogP contribution in [-0.2, 0) is 6.54 Å². The molecule has 0 aliphatic rings. The summed E-state index contributed by atoms with van der Waals surface area (Å²) >= 11 is 0. The predicted molar refractivity (Wildman–Crippen MR) is 67.8 cm³/mol. The number of nitrogens with zero attached hydrogens (tertiary/aromatic N) is 5. The van der Waals surface area contributed by atoms with Crippen molar-refractivity contribution in [2.75, 3.05) is 6.54 Å². The normalized spacial score (nSPS) is 10.7. The molecular formula is C11H13FN6O2. The van der Waals surface area contributed by atoms with E-state index in [1.165, 1.54) is 10.7 Å². The molecule has 8 nitrogen and oxygen atoms in total. The molecule has 20 heavy (non-hydrogen) atoms.